The second-order valence-electron chi connectivity index (χ2n) is 11.0. The van der Waals surface area contributed by atoms with Crippen LogP contribution in [0.2, 0.25) is 0 Å². The zero-order valence-electron chi connectivity index (χ0n) is 20.9. The van der Waals surface area contributed by atoms with Gasteiger partial charge in [-0.15, -0.1) is 0 Å². The van der Waals surface area contributed by atoms with Crippen molar-refractivity contribution in [1.82, 2.24) is 0 Å². The lowest BCUT2D eigenvalue weighted by Crippen LogP contribution is -2.32. The molecule has 0 saturated heterocycles. The Labute approximate surface area is 196 Å². The topological polar surface area (TPSA) is 60.7 Å². The van der Waals surface area contributed by atoms with Gasteiger partial charge in [0.15, 0.2) is 0 Å². The Morgan fingerprint density at radius 1 is 1.25 bits per heavy atom. The van der Waals surface area contributed by atoms with E-state index in [0.717, 1.165) is 56.1 Å². The van der Waals surface area contributed by atoms with Crippen molar-refractivity contribution in [2.24, 2.45) is 17.3 Å². The Hall–Kier alpha value is -1.16. The van der Waals surface area contributed by atoms with Gasteiger partial charge in [0.1, 0.15) is 0 Å². The fourth-order valence-electron chi connectivity index (χ4n) is 6.58. The zero-order chi connectivity index (χ0) is 23.5. The third-order valence-corrected chi connectivity index (χ3v) is 9.00. The van der Waals surface area contributed by atoms with Crippen LogP contribution in [0.5, 0.6) is 0 Å². The maximum Gasteiger partial charge on any atom is 0.0811 e. The van der Waals surface area contributed by atoms with Gasteiger partial charge in [-0.2, -0.15) is 0 Å². The number of aliphatic hydroxyl groups is 3. The lowest BCUT2D eigenvalue weighted by Gasteiger charge is -2.42. The molecule has 3 aliphatic rings. The number of rotatable bonds is 8. The lowest BCUT2D eigenvalue weighted by atomic mass is 9.62. The predicted octanol–water partition coefficient (Wildman–Crippen LogP) is 6.41. The number of hydrogen-bond donors (Lipinski definition) is 3. The van der Waals surface area contributed by atoms with E-state index in [1.165, 1.54) is 18.4 Å². The second-order valence-corrected chi connectivity index (χ2v) is 11.0. The number of allylic oxidation sites excluding steroid dienone is 5. The number of hydrogen-bond acceptors (Lipinski definition) is 3. The highest BCUT2D eigenvalue weighted by molar-refractivity contribution is 5.40. The lowest BCUT2D eigenvalue weighted by molar-refractivity contribution is 0.0204. The van der Waals surface area contributed by atoms with Gasteiger partial charge < -0.3 is 15.3 Å². The predicted molar refractivity (Wildman–Crippen MR) is 133 cm³/mol. The van der Waals surface area contributed by atoms with E-state index in [-0.39, 0.29) is 5.41 Å². The van der Waals surface area contributed by atoms with Gasteiger partial charge in [0.25, 0.3) is 0 Å². The van der Waals surface area contributed by atoms with Gasteiger partial charge in [0.05, 0.1) is 17.8 Å². The van der Waals surface area contributed by atoms with Crippen LogP contribution in [-0.4, -0.2) is 33.1 Å². The Morgan fingerprint density at radius 2 is 1.97 bits per heavy atom. The smallest absolute Gasteiger partial charge is 0.0811 e. The molecule has 2 saturated carbocycles. The summed E-state index contributed by atoms with van der Waals surface area (Å²) in [6, 6.07) is 0. The van der Waals surface area contributed by atoms with Gasteiger partial charge in [0, 0.05) is 6.42 Å². The molecular formula is C29H46O3. The maximum atomic E-state index is 10.6. The first kappa shape index (κ1) is 25.5. The standard InChI is InChI=1S/C29H46O3/c1-6-29(32,7-2)17-8-10-20(3)25-14-15-26-22(11-9-16-28(25,26)5)12-13-23-18-24(30)19-27(31)21(23)4/h12-14,20,24,26-27,30-32H,4,6-11,15-19H2,1-3,5H3/b22-12-,23-13+. The van der Waals surface area contributed by atoms with E-state index < -0.39 is 17.8 Å². The SMILES string of the molecule is C=C1/C(=C/C=C2/CCCC3(C)C(C(C)CCCC(O)(CC)CC)=CCC23)CC(O)CC1O. The molecule has 0 aliphatic heterocycles. The van der Waals surface area contributed by atoms with Crippen molar-refractivity contribution in [3.8, 4) is 0 Å². The van der Waals surface area contributed by atoms with Crippen molar-refractivity contribution < 1.29 is 15.3 Å². The summed E-state index contributed by atoms with van der Waals surface area (Å²) in [5.41, 5.74) is 4.65. The van der Waals surface area contributed by atoms with Crippen molar-refractivity contribution in [2.75, 3.05) is 0 Å². The summed E-state index contributed by atoms with van der Waals surface area (Å²) < 4.78 is 0. The van der Waals surface area contributed by atoms with E-state index in [1.54, 1.807) is 5.57 Å². The molecule has 3 nitrogen and oxygen atoms in total. The molecule has 0 spiro atoms. The molecule has 0 amide bonds. The molecule has 3 rings (SSSR count). The molecule has 5 atom stereocenters. The van der Waals surface area contributed by atoms with Crippen LogP contribution in [0.15, 0.2) is 47.1 Å². The van der Waals surface area contributed by atoms with Gasteiger partial charge in [-0.25, -0.2) is 0 Å². The van der Waals surface area contributed by atoms with Crippen LogP contribution in [0.25, 0.3) is 0 Å². The Bertz CT molecular complexity index is 769. The normalized spacial score (nSPS) is 34.7. The molecule has 0 aromatic carbocycles. The van der Waals surface area contributed by atoms with E-state index >= 15 is 0 Å². The minimum atomic E-state index is -0.626. The summed E-state index contributed by atoms with van der Waals surface area (Å²) in [7, 11) is 0. The molecule has 0 bridgehead atoms. The largest absolute Gasteiger partial charge is 0.393 e. The van der Waals surface area contributed by atoms with Gasteiger partial charge in [-0.1, -0.05) is 70.1 Å². The van der Waals surface area contributed by atoms with E-state index in [0.29, 0.717) is 24.7 Å². The third kappa shape index (κ3) is 5.32. The van der Waals surface area contributed by atoms with Crippen LogP contribution in [0.4, 0.5) is 0 Å². The van der Waals surface area contributed by atoms with Crippen molar-refractivity contribution in [1.29, 1.82) is 0 Å². The highest BCUT2D eigenvalue weighted by atomic mass is 16.3. The first-order valence-electron chi connectivity index (χ1n) is 13.0. The Morgan fingerprint density at radius 3 is 2.66 bits per heavy atom. The van der Waals surface area contributed by atoms with Gasteiger partial charge in [-0.3, -0.25) is 0 Å². The first-order chi connectivity index (χ1) is 15.1. The average molecular weight is 443 g/mol. The van der Waals surface area contributed by atoms with E-state index in [4.69, 9.17) is 0 Å². The van der Waals surface area contributed by atoms with Gasteiger partial charge in [-0.05, 0) is 86.2 Å². The van der Waals surface area contributed by atoms with Crippen molar-refractivity contribution >= 4 is 0 Å². The Kier molecular flexibility index (Phi) is 8.28. The highest BCUT2D eigenvalue weighted by Gasteiger charge is 2.45. The van der Waals surface area contributed by atoms with E-state index in [2.05, 4.69) is 52.5 Å². The molecule has 180 valence electrons. The first-order valence-corrected chi connectivity index (χ1v) is 13.0. The van der Waals surface area contributed by atoms with E-state index in [9.17, 15) is 15.3 Å². The second kappa shape index (κ2) is 10.4. The third-order valence-electron chi connectivity index (χ3n) is 9.00. The fraction of sp³-hybridized carbons (Fsp3) is 0.724. The molecule has 0 radical (unpaired) electrons. The van der Waals surface area contributed by atoms with Crippen LogP contribution in [0, 0.1) is 17.3 Å². The van der Waals surface area contributed by atoms with Crippen LogP contribution in [0.1, 0.15) is 98.3 Å². The number of aliphatic hydroxyl groups excluding tert-OH is 2. The monoisotopic (exact) mass is 442 g/mol. The quantitative estimate of drug-likeness (QED) is 0.381. The molecule has 5 unspecified atom stereocenters. The summed E-state index contributed by atoms with van der Waals surface area (Å²) in [5.74, 6) is 1.12. The van der Waals surface area contributed by atoms with Crippen molar-refractivity contribution in [3.05, 3.63) is 47.1 Å². The van der Waals surface area contributed by atoms with Crippen molar-refractivity contribution in [2.45, 2.75) is 116 Å². The molecule has 3 N–H and O–H groups in total. The maximum absolute atomic E-state index is 10.6. The highest BCUT2D eigenvalue weighted by Crippen LogP contribution is 2.57. The average Bonchev–Trinajstić information content (AvgIpc) is 3.12. The van der Waals surface area contributed by atoms with Crippen LogP contribution < -0.4 is 0 Å². The molecule has 3 heteroatoms. The van der Waals surface area contributed by atoms with E-state index in [1.807, 2.05) is 0 Å². The molecule has 3 aliphatic carbocycles. The summed E-state index contributed by atoms with van der Waals surface area (Å²) in [6.07, 6.45) is 16.3. The molecule has 0 aromatic heterocycles. The summed E-state index contributed by atoms with van der Waals surface area (Å²) in [6.45, 7) is 13.1. The van der Waals surface area contributed by atoms with Crippen molar-refractivity contribution in [3.63, 3.8) is 0 Å². The minimum absolute atomic E-state index is 0.233. The summed E-state index contributed by atoms with van der Waals surface area (Å²) in [5, 5.41) is 30.8. The Balaban J connectivity index is 1.68. The van der Waals surface area contributed by atoms with Crippen LogP contribution >= 0.6 is 0 Å². The molecule has 0 aromatic rings. The van der Waals surface area contributed by atoms with Crippen LogP contribution in [0.3, 0.4) is 0 Å². The zero-order valence-corrected chi connectivity index (χ0v) is 20.9. The minimum Gasteiger partial charge on any atom is -0.393 e. The summed E-state index contributed by atoms with van der Waals surface area (Å²) >= 11 is 0. The number of fused-ring (bicyclic) bond motifs is 1. The van der Waals surface area contributed by atoms with Crippen LogP contribution in [-0.2, 0) is 0 Å². The summed E-state index contributed by atoms with van der Waals surface area (Å²) in [4.78, 5) is 0. The van der Waals surface area contributed by atoms with Gasteiger partial charge in [0.2, 0.25) is 0 Å². The molecule has 2 fully saturated rings. The molecular weight excluding hydrogens is 396 g/mol. The molecule has 32 heavy (non-hydrogen) atoms. The van der Waals surface area contributed by atoms with Gasteiger partial charge >= 0.3 is 0 Å². The molecule has 0 heterocycles. The fourth-order valence-corrected chi connectivity index (χ4v) is 6.58.